The lowest BCUT2D eigenvalue weighted by molar-refractivity contribution is 0.0526. The number of benzene rings is 1. The van der Waals surface area contributed by atoms with Gasteiger partial charge in [-0.3, -0.25) is 4.79 Å². The summed E-state index contributed by atoms with van der Waals surface area (Å²) in [6.07, 6.45) is 1.59. The van der Waals surface area contributed by atoms with E-state index < -0.39 is 5.91 Å². The highest BCUT2D eigenvalue weighted by molar-refractivity contribution is 9.10. The maximum Gasteiger partial charge on any atom is 0.341 e. The molecule has 0 atom stereocenters. The first-order chi connectivity index (χ1) is 16.2. The average Bonchev–Trinajstić information content (AvgIpc) is 3.42. The van der Waals surface area contributed by atoms with Crippen molar-refractivity contribution in [3.63, 3.8) is 0 Å². The Labute approximate surface area is 209 Å². The summed E-state index contributed by atoms with van der Waals surface area (Å²) in [6.45, 7) is 9.96. The molecule has 0 aliphatic carbocycles. The van der Waals surface area contributed by atoms with Crippen LogP contribution in [0.2, 0.25) is 0 Å². The van der Waals surface area contributed by atoms with Crippen molar-refractivity contribution in [1.82, 2.24) is 9.99 Å². The predicted octanol–water partition coefficient (Wildman–Crippen LogP) is 6.22. The first-order valence-corrected chi connectivity index (χ1v) is 12.3. The third kappa shape index (κ3) is 4.45. The highest BCUT2D eigenvalue weighted by Gasteiger charge is 2.24. The minimum absolute atomic E-state index is 0.180. The first kappa shape index (κ1) is 24.0. The molecule has 3 heterocycles. The van der Waals surface area contributed by atoms with Crippen LogP contribution in [0.1, 0.15) is 55.2 Å². The van der Waals surface area contributed by atoms with Crippen LogP contribution in [0.5, 0.6) is 0 Å². The van der Waals surface area contributed by atoms with Gasteiger partial charge in [0.25, 0.3) is 0 Å². The van der Waals surface area contributed by atoms with Gasteiger partial charge in [0.2, 0.25) is 0 Å². The summed E-state index contributed by atoms with van der Waals surface area (Å²) in [6, 6.07) is 9.17. The number of hydrazone groups is 1. The number of carbonyl (C=O) groups excluding carboxylic acids is 2. The molecule has 0 radical (unpaired) electrons. The molecule has 7 nitrogen and oxygen atoms in total. The van der Waals surface area contributed by atoms with Crippen LogP contribution in [0.3, 0.4) is 0 Å². The number of nitrogens with zero attached hydrogens (tertiary/aromatic N) is 2. The number of thiophene rings is 1. The smallest absolute Gasteiger partial charge is 0.341 e. The zero-order valence-electron chi connectivity index (χ0n) is 19.5. The Hall–Kier alpha value is -3.17. The number of amides is 1. The minimum Gasteiger partial charge on any atom is -0.462 e. The number of nitrogens with one attached hydrogen (secondary N) is 1. The van der Waals surface area contributed by atoms with Crippen molar-refractivity contribution in [3.8, 4) is 5.00 Å². The number of ether oxygens (including phenoxy) is 1. The van der Waals surface area contributed by atoms with E-state index in [9.17, 15) is 9.59 Å². The number of halogens is 1. The highest BCUT2D eigenvalue weighted by atomic mass is 79.9. The molecule has 0 unspecified atom stereocenters. The van der Waals surface area contributed by atoms with E-state index in [0.717, 1.165) is 42.3 Å². The molecule has 1 aromatic carbocycles. The molecule has 4 rings (SSSR count). The number of rotatable bonds is 6. The second-order valence-corrected chi connectivity index (χ2v) is 9.96. The summed E-state index contributed by atoms with van der Waals surface area (Å²) in [5.74, 6) is -0.585. The second kappa shape index (κ2) is 9.60. The number of aryl methyl sites for hydroxylation is 2. The molecule has 0 saturated carbocycles. The number of aromatic nitrogens is 1. The van der Waals surface area contributed by atoms with Gasteiger partial charge in [-0.15, -0.1) is 11.3 Å². The van der Waals surface area contributed by atoms with Gasteiger partial charge in [-0.1, -0.05) is 15.9 Å². The van der Waals surface area contributed by atoms with Crippen molar-refractivity contribution < 1.29 is 18.7 Å². The standard InChI is InChI=1S/C25H24BrN3O4S/c1-6-32-25(31)22-14(3)16(5)34-24(22)29-13(2)9-18(15(29)4)12-27-28-23(30)21-11-17-10-19(26)7-8-20(17)33-21/h7-12H,6H2,1-5H3,(H,28,30)/b27-12+. The lowest BCUT2D eigenvalue weighted by atomic mass is 10.1. The van der Waals surface area contributed by atoms with Crippen molar-refractivity contribution in [2.45, 2.75) is 34.6 Å². The number of hydrogen-bond acceptors (Lipinski definition) is 6. The Bertz CT molecular complexity index is 1440. The highest BCUT2D eigenvalue weighted by Crippen LogP contribution is 2.34. The van der Waals surface area contributed by atoms with Gasteiger partial charge in [0.05, 0.1) is 18.4 Å². The predicted molar refractivity (Wildman–Crippen MR) is 138 cm³/mol. The van der Waals surface area contributed by atoms with Crippen LogP contribution in [0.25, 0.3) is 16.0 Å². The molecule has 0 aliphatic heterocycles. The molecule has 0 aliphatic rings. The summed E-state index contributed by atoms with van der Waals surface area (Å²) in [7, 11) is 0. The minimum atomic E-state index is -0.438. The molecular formula is C25H24BrN3O4S. The number of carbonyl (C=O) groups is 2. The fourth-order valence-electron chi connectivity index (χ4n) is 3.78. The first-order valence-electron chi connectivity index (χ1n) is 10.7. The Kier molecular flexibility index (Phi) is 6.77. The average molecular weight is 542 g/mol. The fourth-order valence-corrected chi connectivity index (χ4v) is 5.42. The van der Waals surface area contributed by atoms with Crippen LogP contribution < -0.4 is 5.43 Å². The maximum atomic E-state index is 12.7. The van der Waals surface area contributed by atoms with Gasteiger partial charge in [0, 0.05) is 31.7 Å². The monoisotopic (exact) mass is 541 g/mol. The number of esters is 1. The summed E-state index contributed by atoms with van der Waals surface area (Å²) in [4.78, 5) is 26.2. The van der Waals surface area contributed by atoms with Gasteiger partial charge in [-0.25, -0.2) is 10.2 Å². The molecule has 0 bridgehead atoms. The summed E-state index contributed by atoms with van der Waals surface area (Å²) < 4.78 is 13.8. The Balaban J connectivity index is 1.59. The van der Waals surface area contributed by atoms with Crippen LogP contribution in [0, 0.1) is 27.7 Å². The number of furan rings is 1. The molecule has 3 aromatic heterocycles. The van der Waals surface area contributed by atoms with Gasteiger partial charge in [0.15, 0.2) is 5.76 Å². The van der Waals surface area contributed by atoms with Crippen LogP contribution in [0.15, 0.2) is 44.3 Å². The van der Waals surface area contributed by atoms with Crippen molar-refractivity contribution in [1.29, 1.82) is 0 Å². The van der Waals surface area contributed by atoms with Gasteiger partial charge < -0.3 is 13.7 Å². The van der Waals surface area contributed by atoms with Gasteiger partial charge in [0.1, 0.15) is 10.6 Å². The summed E-state index contributed by atoms with van der Waals surface area (Å²) >= 11 is 4.96. The van der Waals surface area contributed by atoms with E-state index in [0.29, 0.717) is 17.8 Å². The van der Waals surface area contributed by atoms with Gasteiger partial charge in [-0.2, -0.15) is 5.10 Å². The Morgan fingerprint density at radius 3 is 2.71 bits per heavy atom. The molecule has 0 spiro atoms. The van der Waals surface area contributed by atoms with E-state index in [-0.39, 0.29) is 11.7 Å². The molecule has 1 N–H and O–H groups in total. The molecular weight excluding hydrogens is 518 g/mol. The van der Waals surface area contributed by atoms with Crippen molar-refractivity contribution >= 4 is 56.3 Å². The van der Waals surface area contributed by atoms with Gasteiger partial charge in [-0.05, 0) is 70.5 Å². The van der Waals surface area contributed by atoms with E-state index in [1.54, 1.807) is 36.6 Å². The normalized spacial score (nSPS) is 11.5. The quantitative estimate of drug-likeness (QED) is 0.178. The number of fused-ring (bicyclic) bond motifs is 1. The molecule has 176 valence electrons. The zero-order chi connectivity index (χ0) is 24.6. The zero-order valence-corrected chi connectivity index (χ0v) is 21.9. The van der Waals surface area contributed by atoms with Crippen molar-refractivity contribution in [2.75, 3.05) is 6.61 Å². The van der Waals surface area contributed by atoms with Crippen molar-refractivity contribution in [3.05, 3.63) is 73.5 Å². The molecule has 9 heteroatoms. The Morgan fingerprint density at radius 1 is 1.21 bits per heavy atom. The SMILES string of the molecule is CCOC(=O)c1c(-n2c(C)cc(/C=N/NC(=O)c3cc4cc(Br)ccc4o3)c2C)sc(C)c1C. The van der Waals surface area contributed by atoms with E-state index in [1.165, 1.54) is 0 Å². The van der Waals surface area contributed by atoms with E-state index in [4.69, 9.17) is 9.15 Å². The third-order valence-corrected chi connectivity index (χ3v) is 7.28. The third-order valence-electron chi connectivity index (χ3n) is 5.59. The van der Waals surface area contributed by atoms with E-state index in [1.807, 2.05) is 50.5 Å². The molecule has 0 fully saturated rings. The van der Waals surface area contributed by atoms with Crippen molar-refractivity contribution in [2.24, 2.45) is 5.10 Å². The topological polar surface area (TPSA) is 85.8 Å². The second-order valence-electron chi connectivity index (χ2n) is 7.84. The van der Waals surface area contributed by atoms with Crippen LogP contribution in [0.4, 0.5) is 0 Å². The molecule has 1 amide bonds. The van der Waals surface area contributed by atoms with Crippen LogP contribution in [-0.2, 0) is 4.74 Å². The molecule has 0 saturated heterocycles. The molecule has 4 aromatic rings. The van der Waals surface area contributed by atoms with E-state index in [2.05, 4.69) is 26.5 Å². The maximum absolute atomic E-state index is 12.7. The lowest BCUT2D eigenvalue weighted by Crippen LogP contribution is -2.16. The van der Waals surface area contributed by atoms with Crippen LogP contribution >= 0.6 is 27.3 Å². The lowest BCUT2D eigenvalue weighted by Gasteiger charge is -2.10. The summed E-state index contributed by atoms with van der Waals surface area (Å²) in [5.41, 5.74) is 7.32. The van der Waals surface area contributed by atoms with Gasteiger partial charge >= 0.3 is 11.9 Å². The molecule has 34 heavy (non-hydrogen) atoms. The Morgan fingerprint density at radius 2 is 1.97 bits per heavy atom. The largest absolute Gasteiger partial charge is 0.462 e. The summed E-state index contributed by atoms with van der Waals surface area (Å²) in [5, 5.41) is 5.77. The van der Waals surface area contributed by atoms with Crippen LogP contribution in [-0.4, -0.2) is 29.3 Å². The van der Waals surface area contributed by atoms with E-state index >= 15 is 0 Å². The fraction of sp³-hybridized carbons (Fsp3) is 0.240. The number of hydrogen-bond donors (Lipinski definition) is 1.